The van der Waals surface area contributed by atoms with Crippen LogP contribution in [0.5, 0.6) is 0 Å². The molecule has 0 heterocycles. The first kappa shape index (κ1) is 13.0. The number of nitrogens with two attached hydrogens (primary N) is 1. The van der Waals surface area contributed by atoms with Crippen LogP contribution in [0.3, 0.4) is 0 Å². The minimum atomic E-state index is -3.52. The van der Waals surface area contributed by atoms with Gasteiger partial charge in [0.2, 0.25) is 0 Å². The molecule has 0 atom stereocenters. The Labute approximate surface area is 96.2 Å². The van der Waals surface area contributed by atoms with E-state index in [1.807, 2.05) is 6.07 Å². The molecule has 0 saturated carbocycles. The molecule has 16 heavy (non-hydrogen) atoms. The summed E-state index contributed by atoms with van der Waals surface area (Å²) >= 11 is 0. The minimum Gasteiger partial charge on any atom is -0.326 e. The predicted octanol–water partition coefficient (Wildman–Crippen LogP) is 0.800. The highest BCUT2D eigenvalue weighted by molar-refractivity contribution is 7.90. The number of hydrogen-bond acceptors (Lipinski definition) is 3. The summed E-state index contributed by atoms with van der Waals surface area (Å²) in [5, 5.41) is 0. The van der Waals surface area contributed by atoms with E-state index in [-0.39, 0.29) is 6.04 Å². The highest BCUT2D eigenvalue weighted by atomic mass is 32.2. The van der Waals surface area contributed by atoms with Gasteiger partial charge in [0.1, 0.15) is 0 Å². The van der Waals surface area contributed by atoms with Gasteiger partial charge in [-0.15, -0.1) is 0 Å². The normalized spacial score (nSPS) is 11.8. The fraction of sp³-hybridized carbons (Fsp3) is 0.400. The first-order valence-electron chi connectivity index (χ1n) is 5.02. The van der Waals surface area contributed by atoms with Gasteiger partial charge in [0.15, 0.2) is 0 Å². The quantitative estimate of drug-likeness (QED) is 0.715. The van der Waals surface area contributed by atoms with E-state index in [9.17, 15) is 8.42 Å². The van der Waals surface area contributed by atoms with Crippen LogP contribution in [0.2, 0.25) is 0 Å². The molecule has 0 aliphatic rings. The Balaban J connectivity index is 2.88. The minimum absolute atomic E-state index is 0.150. The topological polar surface area (TPSA) is 84.2 Å². The third-order valence-electron chi connectivity index (χ3n) is 1.87. The molecule has 1 rings (SSSR count). The maximum Gasteiger partial charge on any atom is 0.299 e. The Hall–Kier alpha value is -1.11. The standard InChI is InChI=1S/C10H17N3O2S/c1-8(2)12-16(14,15)13-10-6-4-3-5-9(10)7-11/h3-6,8,12-13H,7,11H2,1-2H3. The largest absolute Gasteiger partial charge is 0.326 e. The molecule has 0 spiro atoms. The lowest BCUT2D eigenvalue weighted by atomic mass is 10.2. The second kappa shape index (κ2) is 5.29. The van der Waals surface area contributed by atoms with Gasteiger partial charge in [-0.3, -0.25) is 4.72 Å². The van der Waals surface area contributed by atoms with Crippen molar-refractivity contribution in [2.24, 2.45) is 5.73 Å². The SMILES string of the molecule is CC(C)NS(=O)(=O)Nc1ccccc1CN. The van der Waals surface area contributed by atoms with Crippen molar-refractivity contribution in [3.05, 3.63) is 29.8 Å². The van der Waals surface area contributed by atoms with Crippen LogP contribution in [0, 0.1) is 0 Å². The average molecular weight is 243 g/mol. The van der Waals surface area contributed by atoms with Gasteiger partial charge in [0, 0.05) is 12.6 Å². The Morgan fingerprint density at radius 1 is 1.31 bits per heavy atom. The molecule has 0 bridgehead atoms. The molecular weight excluding hydrogens is 226 g/mol. The zero-order chi connectivity index (χ0) is 12.2. The Morgan fingerprint density at radius 3 is 2.50 bits per heavy atom. The molecule has 5 nitrogen and oxygen atoms in total. The van der Waals surface area contributed by atoms with E-state index in [1.54, 1.807) is 32.0 Å². The van der Waals surface area contributed by atoms with Gasteiger partial charge in [-0.05, 0) is 25.5 Å². The summed E-state index contributed by atoms with van der Waals surface area (Å²) in [5.74, 6) is 0. The van der Waals surface area contributed by atoms with E-state index in [0.717, 1.165) is 5.56 Å². The second-order valence-corrected chi connectivity index (χ2v) is 5.19. The molecule has 0 saturated heterocycles. The monoisotopic (exact) mass is 243 g/mol. The highest BCUT2D eigenvalue weighted by Crippen LogP contribution is 2.15. The van der Waals surface area contributed by atoms with Crippen LogP contribution >= 0.6 is 0 Å². The fourth-order valence-corrected chi connectivity index (χ4v) is 2.45. The van der Waals surface area contributed by atoms with Crippen molar-refractivity contribution in [2.45, 2.75) is 26.4 Å². The van der Waals surface area contributed by atoms with Crippen LogP contribution < -0.4 is 15.2 Å². The van der Waals surface area contributed by atoms with Crippen LogP contribution in [0.15, 0.2) is 24.3 Å². The lowest BCUT2D eigenvalue weighted by molar-refractivity contribution is 0.575. The van der Waals surface area contributed by atoms with Gasteiger partial charge in [0.05, 0.1) is 5.69 Å². The third-order valence-corrected chi connectivity index (χ3v) is 3.14. The highest BCUT2D eigenvalue weighted by Gasteiger charge is 2.12. The van der Waals surface area contributed by atoms with Crippen LogP contribution in [0.4, 0.5) is 5.69 Å². The summed E-state index contributed by atoms with van der Waals surface area (Å²) in [4.78, 5) is 0. The van der Waals surface area contributed by atoms with E-state index >= 15 is 0 Å². The molecule has 0 unspecified atom stereocenters. The van der Waals surface area contributed by atoms with Crippen LogP contribution in [0.25, 0.3) is 0 Å². The van der Waals surface area contributed by atoms with E-state index in [2.05, 4.69) is 9.44 Å². The van der Waals surface area contributed by atoms with Gasteiger partial charge >= 0.3 is 0 Å². The molecule has 0 radical (unpaired) electrons. The zero-order valence-corrected chi connectivity index (χ0v) is 10.2. The van der Waals surface area contributed by atoms with Crippen LogP contribution in [-0.4, -0.2) is 14.5 Å². The molecular formula is C10H17N3O2S. The van der Waals surface area contributed by atoms with Crippen molar-refractivity contribution in [1.29, 1.82) is 0 Å². The molecule has 90 valence electrons. The molecule has 1 aromatic rings. The lowest BCUT2D eigenvalue weighted by Gasteiger charge is -2.13. The van der Waals surface area contributed by atoms with Crippen molar-refractivity contribution < 1.29 is 8.42 Å². The number of nitrogens with one attached hydrogen (secondary N) is 2. The summed E-state index contributed by atoms with van der Waals surface area (Å²) in [6, 6.07) is 6.89. The molecule has 1 aromatic carbocycles. The van der Waals surface area contributed by atoms with Gasteiger partial charge < -0.3 is 5.73 Å². The predicted molar refractivity (Wildman–Crippen MR) is 65.1 cm³/mol. The maximum absolute atomic E-state index is 11.6. The first-order valence-corrected chi connectivity index (χ1v) is 6.51. The number of anilines is 1. The van der Waals surface area contributed by atoms with Gasteiger partial charge in [0.25, 0.3) is 10.2 Å². The Kier molecular flexibility index (Phi) is 4.28. The summed E-state index contributed by atoms with van der Waals surface area (Å²) < 4.78 is 28.1. The Bertz CT molecular complexity index is 443. The smallest absolute Gasteiger partial charge is 0.299 e. The fourth-order valence-electron chi connectivity index (χ4n) is 1.28. The molecule has 0 amide bonds. The number of benzene rings is 1. The van der Waals surface area contributed by atoms with E-state index in [1.165, 1.54) is 0 Å². The molecule has 6 heteroatoms. The van der Waals surface area contributed by atoms with Gasteiger partial charge in [-0.1, -0.05) is 18.2 Å². The molecule has 0 fully saturated rings. The van der Waals surface area contributed by atoms with Crippen molar-refractivity contribution in [3.63, 3.8) is 0 Å². The first-order chi connectivity index (χ1) is 7.44. The number of para-hydroxylation sites is 1. The number of hydrogen-bond donors (Lipinski definition) is 3. The lowest BCUT2D eigenvalue weighted by Crippen LogP contribution is -2.35. The third kappa shape index (κ3) is 3.80. The Morgan fingerprint density at radius 2 is 1.94 bits per heavy atom. The van der Waals surface area contributed by atoms with Crippen LogP contribution in [0.1, 0.15) is 19.4 Å². The van der Waals surface area contributed by atoms with Crippen molar-refractivity contribution >= 4 is 15.9 Å². The van der Waals surface area contributed by atoms with Gasteiger partial charge in [-0.25, -0.2) is 0 Å². The van der Waals surface area contributed by atoms with E-state index in [0.29, 0.717) is 12.2 Å². The molecule has 0 aliphatic heterocycles. The van der Waals surface area contributed by atoms with Crippen LogP contribution in [-0.2, 0) is 16.8 Å². The molecule has 0 aromatic heterocycles. The number of rotatable bonds is 5. The zero-order valence-electron chi connectivity index (χ0n) is 9.40. The van der Waals surface area contributed by atoms with Crippen molar-refractivity contribution in [2.75, 3.05) is 4.72 Å². The summed E-state index contributed by atoms with van der Waals surface area (Å²) in [6.07, 6.45) is 0. The van der Waals surface area contributed by atoms with Crippen molar-refractivity contribution in [1.82, 2.24) is 4.72 Å². The van der Waals surface area contributed by atoms with Crippen molar-refractivity contribution in [3.8, 4) is 0 Å². The van der Waals surface area contributed by atoms with Gasteiger partial charge in [-0.2, -0.15) is 13.1 Å². The van der Waals surface area contributed by atoms with E-state index in [4.69, 9.17) is 5.73 Å². The summed E-state index contributed by atoms with van der Waals surface area (Å²) in [7, 11) is -3.52. The average Bonchev–Trinajstić information content (AvgIpc) is 2.15. The maximum atomic E-state index is 11.6. The molecule has 4 N–H and O–H groups in total. The second-order valence-electron chi connectivity index (χ2n) is 3.74. The summed E-state index contributed by atoms with van der Waals surface area (Å²) in [6.45, 7) is 3.81. The molecule has 0 aliphatic carbocycles. The summed E-state index contributed by atoms with van der Waals surface area (Å²) in [5.41, 5.74) is 6.79. The van der Waals surface area contributed by atoms with E-state index < -0.39 is 10.2 Å².